The number of aryl methyl sites for hydroxylation is 3. The van der Waals surface area contributed by atoms with E-state index >= 15 is 0 Å². The third-order valence-corrected chi connectivity index (χ3v) is 18.1. The van der Waals surface area contributed by atoms with Gasteiger partial charge in [0.05, 0.1) is 81.1 Å². The van der Waals surface area contributed by atoms with Crippen molar-refractivity contribution in [2.45, 2.75) is 142 Å². The smallest absolute Gasteiger partial charge is 0.115 e. The van der Waals surface area contributed by atoms with E-state index in [0.717, 1.165) is 76.8 Å². The second-order valence-corrected chi connectivity index (χ2v) is 27.0. The first kappa shape index (κ1) is 69.2. The van der Waals surface area contributed by atoms with Gasteiger partial charge in [-0.3, -0.25) is 9.97 Å². The molecule has 6 aliphatic rings. The summed E-state index contributed by atoms with van der Waals surface area (Å²) < 4.78 is 3.68. The molecule has 0 amide bonds. The lowest BCUT2D eigenvalue weighted by Gasteiger charge is -2.40. The Morgan fingerprint density at radius 1 is 0.419 bits per heavy atom. The van der Waals surface area contributed by atoms with Crippen molar-refractivity contribution in [3.63, 3.8) is 0 Å². The number of quaternary nitrogens is 3. The Bertz CT molecular complexity index is 1700. The van der Waals surface area contributed by atoms with E-state index in [2.05, 4.69) is 181 Å². The molecule has 9 heterocycles. The molecule has 0 radical (unpaired) electrons. The molecule has 3 aromatic heterocycles. The van der Waals surface area contributed by atoms with E-state index in [1.807, 2.05) is 51.2 Å². The Kier molecular flexibility index (Phi) is 32.5. The average Bonchev–Trinajstić information content (AvgIpc) is 3.97. The molecule has 0 bridgehead atoms. The number of piperidine rings is 2. The van der Waals surface area contributed by atoms with Crippen LogP contribution in [0.5, 0.6) is 0 Å². The highest BCUT2D eigenvalue weighted by Crippen LogP contribution is 2.28. The molecule has 12 unspecified atom stereocenters. The van der Waals surface area contributed by atoms with Crippen molar-refractivity contribution >= 4 is 0 Å². The summed E-state index contributed by atoms with van der Waals surface area (Å²) in [5.74, 6) is 9.26. The van der Waals surface area contributed by atoms with Crippen LogP contribution in [-0.4, -0.2) is 189 Å². The largest absolute Gasteiger partial charge is 0.328 e. The first-order valence-electron chi connectivity index (χ1n) is 29.3. The summed E-state index contributed by atoms with van der Waals surface area (Å²) >= 11 is 0. The van der Waals surface area contributed by atoms with Crippen LogP contribution in [0.1, 0.15) is 125 Å². The van der Waals surface area contributed by atoms with Crippen molar-refractivity contribution in [2.75, 3.05) is 129 Å². The first-order valence-corrected chi connectivity index (χ1v) is 29.3. The fourth-order valence-electron chi connectivity index (χ4n) is 11.0. The molecular formula is C64H123N10+3. The lowest BCUT2D eigenvalue weighted by Crippen LogP contribution is -2.49. The molecule has 12 atom stereocenters. The summed E-state index contributed by atoms with van der Waals surface area (Å²) in [6, 6.07) is 9.57. The third kappa shape index (κ3) is 29.6. The second-order valence-electron chi connectivity index (χ2n) is 27.0. The molecule has 0 aliphatic carbocycles. The van der Waals surface area contributed by atoms with Crippen molar-refractivity contribution in [1.29, 1.82) is 0 Å². The summed E-state index contributed by atoms with van der Waals surface area (Å²) in [5.41, 5.74) is 3.57. The monoisotopic (exact) mass is 1030 g/mol. The van der Waals surface area contributed by atoms with Crippen LogP contribution >= 0.6 is 0 Å². The molecule has 0 N–H and O–H groups in total. The van der Waals surface area contributed by atoms with Crippen molar-refractivity contribution in [2.24, 2.45) is 59.2 Å². The fraction of sp³-hybridized carbons (Fsp3) is 0.781. The lowest BCUT2D eigenvalue weighted by molar-refractivity contribution is -0.901. The van der Waals surface area contributed by atoms with E-state index in [4.69, 9.17) is 0 Å². The Labute approximate surface area is 460 Å². The van der Waals surface area contributed by atoms with Crippen LogP contribution in [0.15, 0.2) is 67.8 Å². The highest BCUT2D eigenvalue weighted by atomic mass is 15.3. The molecule has 10 nitrogen and oxygen atoms in total. The molecule has 426 valence electrons. The minimum absolute atomic E-state index is 0.815. The van der Waals surface area contributed by atoms with Crippen molar-refractivity contribution < 1.29 is 13.4 Å². The molecule has 6 aliphatic heterocycles. The highest BCUT2D eigenvalue weighted by molar-refractivity contribution is 5.06. The Hall–Kier alpha value is -2.86. The van der Waals surface area contributed by atoms with Gasteiger partial charge in [0.25, 0.3) is 0 Å². The number of pyridine rings is 2. The van der Waals surface area contributed by atoms with Gasteiger partial charge in [-0.05, 0) is 159 Å². The molecule has 0 spiro atoms. The van der Waals surface area contributed by atoms with E-state index in [1.165, 1.54) is 122 Å². The number of rotatable bonds is 0. The average molecular weight is 1030 g/mol. The Morgan fingerprint density at radius 3 is 1.12 bits per heavy atom. The minimum Gasteiger partial charge on any atom is -0.328 e. The Morgan fingerprint density at radius 2 is 0.878 bits per heavy atom. The van der Waals surface area contributed by atoms with Crippen LogP contribution in [0.4, 0.5) is 0 Å². The molecule has 9 rings (SSSR count). The quantitative estimate of drug-likeness (QED) is 0.208. The summed E-state index contributed by atoms with van der Waals surface area (Å²) in [6.45, 7) is 47.5. The van der Waals surface area contributed by atoms with Gasteiger partial charge < -0.3 is 28.1 Å². The normalized spacial score (nSPS) is 31.5. The maximum Gasteiger partial charge on any atom is 0.115 e. The second kappa shape index (κ2) is 34.8. The van der Waals surface area contributed by atoms with Crippen molar-refractivity contribution in [1.82, 2.24) is 34.6 Å². The zero-order valence-electron chi connectivity index (χ0n) is 53.2. The number of hydrogen-bond acceptors (Lipinski definition) is 7. The third-order valence-electron chi connectivity index (χ3n) is 18.1. The van der Waals surface area contributed by atoms with E-state index in [1.54, 1.807) is 31.0 Å². The number of nitrogens with zero attached hydrogens (tertiary/aromatic N) is 10. The predicted molar refractivity (Wildman–Crippen MR) is 322 cm³/mol. The maximum atomic E-state index is 3.88. The zero-order chi connectivity index (χ0) is 56.4. The van der Waals surface area contributed by atoms with Gasteiger partial charge in [0.1, 0.15) is 6.33 Å². The van der Waals surface area contributed by atoms with Gasteiger partial charge in [-0.2, -0.15) is 0 Å². The van der Waals surface area contributed by atoms with Gasteiger partial charge in [-0.25, -0.2) is 9.97 Å². The van der Waals surface area contributed by atoms with Gasteiger partial charge >= 0.3 is 0 Å². The van der Waals surface area contributed by atoms with Crippen molar-refractivity contribution in [3.05, 3.63) is 84.5 Å². The topological polar surface area (TPSA) is 61.3 Å². The maximum absolute atomic E-state index is 3.88. The van der Waals surface area contributed by atoms with Gasteiger partial charge in [0.15, 0.2) is 0 Å². The van der Waals surface area contributed by atoms with Crippen LogP contribution in [0.2, 0.25) is 0 Å². The molecule has 74 heavy (non-hydrogen) atoms. The van der Waals surface area contributed by atoms with Gasteiger partial charge in [0, 0.05) is 92.9 Å². The molecule has 6 fully saturated rings. The molecule has 0 aromatic carbocycles. The number of hydrogen-bond donors (Lipinski definition) is 0. The summed E-state index contributed by atoms with van der Waals surface area (Å²) in [6.07, 6.45) is 17.8. The van der Waals surface area contributed by atoms with Gasteiger partial charge in [-0.1, -0.05) is 75.3 Å². The number of likely N-dealkylation sites (tertiary alicyclic amines) is 6. The first-order chi connectivity index (χ1) is 34.4. The molecule has 10 heteroatoms. The zero-order valence-corrected chi connectivity index (χ0v) is 53.2. The highest BCUT2D eigenvalue weighted by Gasteiger charge is 2.36. The van der Waals surface area contributed by atoms with Crippen LogP contribution in [0, 0.1) is 80.0 Å². The van der Waals surface area contributed by atoms with E-state index < -0.39 is 0 Å². The van der Waals surface area contributed by atoms with Crippen molar-refractivity contribution in [3.8, 4) is 0 Å². The minimum atomic E-state index is 0.815. The Balaban J connectivity index is 0.000000417. The standard InChI is InChI=1S/C9H20N.2C8H18N.C8H17N.2C7H15N.2C6H7N.C5H6N2/c1-8-5-6-10(3,4)7-9(8)2;1-7-5-9(3,4)6-8(7)2;1-7-5-6-9(3,4)8(7)2;1-7-4-5-9(3)6-8(7)2;1-6-4-8(3)5-7(6)2;1-6-4-5-8(3)7(6)2;1-6-2-4-7-5-3-6;1-6-3-2-4-7-5-6;1-5-2-6-4-7-3-5/h8-9H,5-7H2,1-4H3;2*7-8H,5-6H2,1-4H3;7-8H,4-6H2,1-3H3;2*6-7H,4-5H2,1-3H3;2*2-5H,1H3;2-4H,1H3/q3*+1;;;;;;. The predicted octanol–water partition coefficient (Wildman–Crippen LogP) is 12.3. The van der Waals surface area contributed by atoms with E-state index in [-0.39, 0.29) is 0 Å². The fourth-order valence-corrected chi connectivity index (χ4v) is 11.0. The van der Waals surface area contributed by atoms with E-state index in [9.17, 15) is 0 Å². The SMILES string of the molecule is CC1CCN(C)C1C.CC1CCN(C)CC1C.CC1CC[N+](C)(C)C1C.CC1CC[N+](C)(C)CC1C.CC1CN(C)CC1C.CC1C[N+](C)(C)CC1C.Cc1cccnc1.Cc1ccncc1.Cc1cncnc1. The van der Waals surface area contributed by atoms with Gasteiger partial charge in [-0.15, -0.1) is 0 Å². The van der Waals surface area contributed by atoms with Crippen LogP contribution < -0.4 is 0 Å². The van der Waals surface area contributed by atoms with E-state index in [0.29, 0.717) is 0 Å². The van der Waals surface area contributed by atoms with Crippen LogP contribution in [0.25, 0.3) is 0 Å². The van der Waals surface area contributed by atoms with Crippen LogP contribution in [0.3, 0.4) is 0 Å². The number of aromatic nitrogens is 4. The molecule has 0 saturated carbocycles. The summed E-state index contributed by atoms with van der Waals surface area (Å²) in [7, 11) is 20.6. The molecule has 6 saturated heterocycles. The molecule has 3 aromatic rings. The summed E-state index contributed by atoms with van der Waals surface area (Å²) in [5, 5.41) is 0. The van der Waals surface area contributed by atoms with Crippen LogP contribution in [-0.2, 0) is 0 Å². The summed E-state index contributed by atoms with van der Waals surface area (Å²) in [4.78, 5) is 22.5. The molecular weight excluding hydrogens is 909 g/mol. The van der Waals surface area contributed by atoms with Gasteiger partial charge in [0.2, 0.25) is 0 Å². The lowest BCUT2D eigenvalue weighted by atomic mass is 9.88.